The Morgan fingerprint density at radius 3 is 2.54 bits per heavy atom. The summed E-state index contributed by atoms with van der Waals surface area (Å²) in [6.07, 6.45) is -0.924. The van der Waals surface area contributed by atoms with Crippen LogP contribution in [0.1, 0.15) is 41.7 Å². The first-order chi connectivity index (χ1) is 12.3. The van der Waals surface area contributed by atoms with E-state index in [1.54, 1.807) is 12.1 Å². The predicted molar refractivity (Wildman–Crippen MR) is 91.7 cm³/mol. The lowest BCUT2D eigenvalue weighted by Crippen LogP contribution is -2.21. The van der Waals surface area contributed by atoms with E-state index in [0.717, 1.165) is 25.7 Å². The molecule has 9 heteroatoms. The van der Waals surface area contributed by atoms with Gasteiger partial charge in [0, 0.05) is 23.4 Å². The number of alkyl halides is 3. The number of hydrogen-bond acceptors (Lipinski definition) is 5. The number of carbonyl (C=O) groups excluding carboxylic acids is 1. The molecule has 2 aromatic rings. The topological polar surface area (TPSA) is 92.9 Å². The molecular formula is C17H18F3N5O. The maximum atomic E-state index is 13.1. The Morgan fingerprint density at radius 2 is 1.88 bits per heavy atom. The third-order valence-corrected chi connectivity index (χ3v) is 4.10. The van der Waals surface area contributed by atoms with Crippen molar-refractivity contribution in [3.63, 3.8) is 0 Å². The molecule has 4 N–H and O–H groups in total. The van der Waals surface area contributed by atoms with Crippen molar-refractivity contribution >= 4 is 23.4 Å². The Labute approximate surface area is 148 Å². The third-order valence-electron chi connectivity index (χ3n) is 4.10. The second kappa shape index (κ2) is 7.19. The largest absolute Gasteiger partial charge is 0.433 e. The molecular weight excluding hydrogens is 347 g/mol. The van der Waals surface area contributed by atoms with Gasteiger partial charge in [-0.2, -0.15) is 18.2 Å². The number of amides is 1. The van der Waals surface area contributed by atoms with E-state index in [0.29, 0.717) is 11.8 Å². The molecule has 0 atom stereocenters. The van der Waals surface area contributed by atoms with E-state index >= 15 is 0 Å². The molecule has 1 amide bonds. The molecule has 0 spiro atoms. The van der Waals surface area contributed by atoms with Gasteiger partial charge in [0.1, 0.15) is 5.82 Å². The van der Waals surface area contributed by atoms with Crippen LogP contribution in [0.5, 0.6) is 0 Å². The van der Waals surface area contributed by atoms with E-state index in [9.17, 15) is 18.0 Å². The fourth-order valence-electron chi connectivity index (χ4n) is 2.84. The van der Waals surface area contributed by atoms with E-state index in [1.165, 1.54) is 12.1 Å². The second-order valence-electron chi connectivity index (χ2n) is 6.17. The molecule has 0 saturated heterocycles. The minimum Gasteiger partial charge on any atom is -0.399 e. The molecule has 0 radical (unpaired) electrons. The minimum atomic E-state index is -4.65. The van der Waals surface area contributed by atoms with Gasteiger partial charge in [-0.3, -0.25) is 4.79 Å². The van der Waals surface area contributed by atoms with Crippen LogP contribution in [0.25, 0.3) is 0 Å². The number of anilines is 3. The van der Waals surface area contributed by atoms with Crippen LogP contribution in [0.4, 0.5) is 30.6 Å². The van der Waals surface area contributed by atoms with Crippen molar-refractivity contribution in [1.82, 2.24) is 9.97 Å². The smallest absolute Gasteiger partial charge is 0.399 e. The normalized spacial score (nSPS) is 15.0. The van der Waals surface area contributed by atoms with Crippen molar-refractivity contribution < 1.29 is 18.0 Å². The van der Waals surface area contributed by atoms with Gasteiger partial charge in [0.15, 0.2) is 5.69 Å². The van der Waals surface area contributed by atoms with Gasteiger partial charge in [0.2, 0.25) is 5.95 Å². The van der Waals surface area contributed by atoms with Crippen LogP contribution in [-0.4, -0.2) is 21.9 Å². The first-order valence-electron chi connectivity index (χ1n) is 8.21. The maximum Gasteiger partial charge on any atom is 0.433 e. The van der Waals surface area contributed by atoms with Crippen LogP contribution in [0.3, 0.4) is 0 Å². The van der Waals surface area contributed by atoms with Crippen molar-refractivity contribution in [2.24, 2.45) is 0 Å². The molecule has 1 fully saturated rings. The predicted octanol–water partition coefficient (Wildman–Crippen LogP) is 3.68. The van der Waals surface area contributed by atoms with Gasteiger partial charge in [0.05, 0.1) is 0 Å². The summed E-state index contributed by atoms with van der Waals surface area (Å²) in [5.41, 5.74) is 5.11. The van der Waals surface area contributed by atoms with Crippen LogP contribution in [0, 0.1) is 0 Å². The van der Waals surface area contributed by atoms with Crippen LogP contribution < -0.4 is 16.4 Å². The SMILES string of the molecule is Nc1cccc(C(=O)Nc2cc(C(F)(F)F)nc(NC3CCCC3)n2)c1. The standard InChI is InChI=1S/C17H18F3N5O/c18-17(19,20)13-9-14(24-15(26)10-4-3-5-11(21)8-10)25-16(23-13)22-12-6-1-2-7-12/h3-5,8-9,12H,1-2,6-7,21H2,(H2,22,23,24,25,26). The van der Waals surface area contributed by atoms with Crippen molar-refractivity contribution in [2.75, 3.05) is 16.4 Å². The molecule has 0 bridgehead atoms. The first kappa shape index (κ1) is 18.0. The Balaban J connectivity index is 1.85. The average Bonchev–Trinajstić information content (AvgIpc) is 3.06. The van der Waals surface area contributed by atoms with Gasteiger partial charge in [-0.1, -0.05) is 18.9 Å². The molecule has 1 aliphatic rings. The second-order valence-corrected chi connectivity index (χ2v) is 6.17. The van der Waals surface area contributed by atoms with E-state index in [4.69, 9.17) is 5.73 Å². The van der Waals surface area contributed by atoms with E-state index < -0.39 is 17.8 Å². The number of carbonyl (C=O) groups is 1. The molecule has 0 aliphatic heterocycles. The number of nitrogen functional groups attached to an aromatic ring is 1. The zero-order chi connectivity index (χ0) is 18.7. The molecule has 6 nitrogen and oxygen atoms in total. The van der Waals surface area contributed by atoms with Crippen molar-refractivity contribution in [3.05, 3.63) is 41.6 Å². The number of rotatable bonds is 4. The number of hydrogen-bond donors (Lipinski definition) is 3. The molecule has 0 unspecified atom stereocenters. The van der Waals surface area contributed by atoms with E-state index in [2.05, 4.69) is 20.6 Å². The van der Waals surface area contributed by atoms with Gasteiger partial charge < -0.3 is 16.4 Å². The summed E-state index contributed by atoms with van der Waals surface area (Å²) in [5.74, 6) is -0.967. The number of aromatic nitrogens is 2. The maximum absolute atomic E-state index is 13.1. The van der Waals surface area contributed by atoms with Crippen LogP contribution >= 0.6 is 0 Å². The Hall–Kier alpha value is -2.84. The monoisotopic (exact) mass is 365 g/mol. The van der Waals surface area contributed by atoms with Crippen LogP contribution in [0.15, 0.2) is 30.3 Å². The lowest BCUT2D eigenvalue weighted by Gasteiger charge is -2.15. The fourth-order valence-corrected chi connectivity index (χ4v) is 2.84. The highest BCUT2D eigenvalue weighted by Gasteiger charge is 2.34. The number of benzene rings is 1. The Bertz CT molecular complexity index is 803. The number of nitrogens with two attached hydrogens (primary N) is 1. The fraction of sp³-hybridized carbons (Fsp3) is 0.353. The summed E-state index contributed by atoms with van der Waals surface area (Å²) in [4.78, 5) is 19.8. The third kappa shape index (κ3) is 4.41. The highest BCUT2D eigenvalue weighted by molar-refractivity contribution is 6.04. The quantitative estimate of drug-likeness (QED) is 0.719. The lowest BCUT2D eigenvalue weighted by atomic mass is 10.2. The number of nitrogens with zero attached hydrogens (tertiary/aromatic N) is 2. The van der Waals surface area contributed by atoms with Crippen molar-refractivity contribution in [3.8, 4) is 0 Å². The molecule has 1 aromatic heterocycles. The summed E-state index contributed by atoms with van der Waals surface area (Å²) in [6.45, 7) is 0. The van der Waals surface area contributed by atoms with Gasteiger partial charge in [-0.05, 0) is 31.0 Å². The zero-order valence-electron chi connectivity index (χ0n) is 13.8. The average molecular weight is 365 g/mol. The molecule has 1 heterocycles. The van der Waals surface area contributed by atoms with Crippen molar-refractivity contribution in [1.29, 1.82) is 0 Å². The molecule has 1 saturated carbocycles. The molecule has 1 aromatic carbocycles. The zero-order valence-corrected chi connectivity index (χ0v) is 13.8. The van der Waals surface area contributed by atoms with E-state index in [-0.39, 0.29) is 23.4 Å². The van der Waals surface area contributed by atoms with Gasteiger partial charge in [-0.15, -0.1) is 0 Å². The summed E-state index contributed by atoms with van der Waals surface area (Å²) in [5, 5.41) is 5.30. The van der Waals surface area contributed by atoms with Gasteiger partial charge >= 0.3 is 6.18 Å². The van der Waals surface area contributed by atoms with Crippen LogP contribution in [0.2, 0.25) is 0 Å². The first-order valence-corrected chi connectivity index (χ1v) is 8.21. The number of nitrogens with one attached hydrogen (secondary N) is 2. The van der Waals surface area contributed by atoms with Crippen molar-refractivity contribution in [2.45, 2.75) is 37.9 Å². The molecule has 138 valence electrons. The summed E-state index contributed by atoms with van der Waals surface area (Å²) in [6, 6.07) is 6.87. The summed E-state index contributed by atoms with van der Waals surface area (Å²) in [7, 11) is 0. The molecule has 3 rings (SSSR count). The Kier molecular flexibility index (Phi) is 4.97. The summed E-state index contributed by atoms with van der Waals surface area (Å²) >= 11 is 0. The highest BCUT2D eigenvalue weighted by Crippen LogP contribution is 2.30. The van der Waals surface area contributed by atoms with Gasteiger partial charge in [0.25, 0.3) is 5.91 Å². The van der Waals surface area contributed by atoms with Gasteiger partial charge in [-0.25, -0.2) is 4.98 Å². The highest BCUT2D eigenvalue weighted by atomic mass is 19.4. The summed E-state index contributed by atoms with van der Waals surface area (Å²) < 4.78 is 39.4. The minimum absolute atomic E-state index is 0.0379. The van der Waals surface area contributed by atoms with Crippen LogP contribution in [-0.2, 0) is 6.18 Å². The Morgan fingerprint density at radius 1 is 1.15 bits per heavy atom. The molecule has 1 aliphatic carbocycles. The lowest BCUT2D eigenvalue weighted by molar-refractivity contribution is -0.141. The number of halogens is 3. The van der Waals surface area contributed by atoms with E-state index in [1.807, 2.05) is 0 Å². The molecule has 26 heavy (non-hydrogen) atoms.